The summed E-state index contributed by atoms with van der Waals surface area (Å²) in [4.78, 5) is 4.27. The molecule has 0 bridgehead atoms. The van der Waals surface area contributed by atoms with Gasteiger partial charge in [0, 0.05) is 5.38 Å². The molecule has 9 heteroatoms. The van der Waals surface area contributed by atoms with Gasteiger partial charge in [-0.2, -0.15) is 4.98 Å². The van der Waals surface area contributed by atoms with Gasteiger partial charge in [-0.1, -0.05) is 17.3 Å². The number of aromatic nitrogens is 2. The van der Waals surface area contributed by atoms with Gasteiger partial charge in [0.05, 0.1) is 18.2 Å². The molecule has 0 saturated heterocycles. The van der Waals surface area contributed by atoms with E-state index in [1.54, 1.807) is 24.6 Å². The third kappa shape index (κ3) is 2.73. The van der Waals surface area contributed by atoms with Crippen LogP contribution in [0.3, 0.4) is 0 Å². The van der Waals surface area contributed by atoms with E-state index in [2.05, 4.69) is 10.1 Å². The lowest BCUT2D eigenvalue weighted by Gasteiger charge is -2.02. The Morgan fingerprint density at radius 3 is 2.77 bits per heavy atom. The lowest BCUT2D eigenvalue weighted by Crippen LogP contribution is -2.09. The lowest BCUT2D eigenvalue weighted by atomic mass is 10.2. The zero-order valence-corrected chi connectivity index (χ0v) is 13.0. The first-order valence-electron chi connectivity index (χ1n) is 6.08. The van der Waals surface area contributed by atoms with E-state index in [0.29, 0.717) is 22.7 Å². The minimum absolute atomic E-state index is 0.0412. The Labute approximate surface area is 130 Å². The highest BCUT2D eigenvalue weighted by Crippen LogP contribution is 2.31. The maximum Gasteiger partial charge on any atom is 0.259 e. The van der Waals surface area contributed by atoms with Crippen LogP contribution in [0.2, 0.25) is 0 Å². The predicted octanol–water partition coefficient (Wildman–Crippen LogP) is 2.12. The number of primary sulfonamides is 1. The summed E-state index contributed by atoms with van der Waals surface area (Å²) < 4.78 is 33.1. The number of rotatable bonds is 4. The molecule has 2 heterocycles. The molecule has 3 rings (SSSR count). The second-order valence-corrected chi connectivity index (χ2v) is 7.02. The summed E-state index contributed by atoms with van der Waals surface area (Å²) in [7, 11) is -2.18. The van der Waals surface area contributed by atoms with E-state index in [4.69, 9.17) is 14.4 Å². The first-order chi connectivity index (χ1) is 10.5. The summed E-state index contributed by atoms with van der Waals surface area (Å²) in [6.07, 6.45) is 0. The largest absolute Gasteiger partial charge is 0.496 e. The highest BCUT2D eigenvalue weighted by atomic mass is 32.2. The minimum Gasteiger partial charge on any atom is -0.496 e. The van der Waals surface area contributed by atoms with E-state index in [0.717, 1.165) is 11.3 Å². The molecule has 0 aliphatic rings. The maximum atomic E-state index is 11.3. The molecule has 1 aromatic carbocycles. The van der Waals surface area contributed by atoms with Crippen molar-refractivity contribution in [2.75, 3.05) is 7.11 Å². The summed E-state index contributed by atoms with van der Waals surface area (Å²) >= 11 is 0.999. The highest BCUT2D eigenvalue weighted by molar-refractivity contribution is 7.91. The quantitative estimate of drug-likeness (QED) is 0.781. The molecule has 0 fully saturated rings. The molecule has 0 atom stereocenters. The van der Waals surface area contributed by atoms with Crippen LogP contribution in [0, 0.1) is 0 Å². The van der Waals surface area contributed by atoms with Crippen molar-refractivity contribution >= 4 is 21.4 Å². The van der Waals surface area contributed by atoms with Crippen molar-refractivity contribution in [3.05, 3.63) is 35.7 Å². The summed E-state index contributed by atoms with van der Waals surface area (Å²) in [5, 5.41) is 10.6. The van der Waals surface area contributed by atoms with E-state index < -0.39 is 10.0 Å². The van der Waals surface area contributed by atoms with Crippen molar-refractivity contribution in [2.45, 2.75) is 4.21 Å². The van der Waals surface area contributed by atoms with E-state index in [1.807, 2.05) is 12.1 Å². The normalized spacial score (nSPS) is 11.5. The summed E-state index contributed by atoms with van der Waals surface area (Å²) in [5.41, 5.74) is 1.18. The van der Waals surface area contributed by atoms with E-state index in [9.17, 15) is 8.42 Å². The number of methoxy groups -OCH3 is 1. The Morgan fingerprint density at radius 2 is 2.09 bits per heavy atom. The molecule has 0 spiro atoms. The van der Waals surface area contributed by atoms with E-state index >= 15 is 0 Å². The van der Waals surface area contributed by atoms with Crippen LogP contribution in [0.15, 0.2) is 44.4 Å². The van der Waals surface area contributed by atoms with Crippen LogP contribution in [0.25, 0.3) is 22.8 Å². The molecule has 22 heavy (non-hydrogen) atoms. The van der Waals surface area contributed by atoms with Crippen LogP contribution in [0.1, 0.15) is 0 Å². The lowest BCUT2D eigenvalue weighted by molar-refractivity contribution is 0.413. The molecular formula is C13H11N3O4S2. The molecule has 0 radical (unpaired) electrons. The van der Waals surface area contributed by atoms with Gasteiger partial charge in [-0.15, -0.1) is 11.3 Å². The molecule has 2 aromatic heterocycles. The number of nitrogens with zero attached hydrogens (tertiary/aromatic N) is 2. The molecule has 0 aliphatic carbocycles. The summed E-state index contributed by atoms with van der Waals surface area (Å²) in [6, 6.07) is 8.66. The van der Waals surface area contributed by atoms with E-state index in [-0.39, 0.29) is 10.1 Å². The Kier molecular flexibility index (Phi) is 3.69. The Hall–Kier alpha value is -2.23. The average molecular weight is 337 g/mol. The van der Waals surface area contributed by atoms with Crippen molar-refractivity contribution in [3.63, 3.8) is 0 Å². The number of ether oxygens (including phenoxy) is 1. The number of nitrogens with two attached hydrogens (primary N) is 1. The first-order valence-corrected chi connectivity index (χ1v) is 8.50. The number of hydrogen-bond acceptors (Lipinski definition) is 7. The third-order valence-corrected chi connectivity index (χ3v) is 5.26. The summed E-state index contributed by atoms with van der Waals surface area (Å²) in [5.74, 6) is 1.19. The van der Waals surface area contributed by atoms with Gasteiger partial charge in [-0.3, -0.25) is 0 Å². The van der Waals surface area contributed by atoms with Crippen LogP contribution < -0.4 is 9.88 Å². The van der Waals surface area contributed by atoms with Gasteiger partial charge in [0.15, 0.2) is 0 Å². The number of para-hydroxylation sites is 1. The van der Waals surface area contributed by atoms with Crippen LogP contribution in [-0.4, -0.2) is 25.7 Å². The average Bonchev–Trinajstić information content (AvgIpc) is 3.15. The molecule has 2 N–H and O–H groups in total. The van der Waals surface area contributed by atoms with Gasteiger partial charge >= 0.3 is 0 Å². The first kappa shape index (κ1) is 14.7. The number of hydrogen-bond donors (Lipinski definition) is 1. The van der Waals surface area contributed by atoms with Crippen molar-refractivity contribution in [3.8, 4) is 28.6 Å². The van der Waals surface area contributed by atoms with Crippen LogP contribution in [-0.2, 0) is 10.0 Å². The molecule has 0 saturated carbocycles. The fourth-order valence-corrected chi connectivity index (χ4v) is 3.44. The molecule has 3 aromatic rings. The minimum atomic E-state index is -3.74. The molecule has 7 nitrogen and oxygen atoms in total. The molecule has 0 unspecified atom stereocenters. The van der Waals surface area contributed by atoms with Gasteiger partial charge in [-0.25, -0.2) is 13.6 Å². The Morgan fingerprint density at radius 1 is 1.32 bits per heavy atom. The zero-order chi connectivity index (χ0) is 15.7. The topological polar surface area (TPSA) is 108 Å². The third-order valence-electron chi connectivity index (χ3n) is 2.88. The second kappa shape index (κ2) is 5.52. The van der Waals surface area contributed by atoms with E-state index in [1.165, 1.54) is 6.07 Å². The number of thiophene rings is 1. The SMILES string of the molecule is COc1ccccc1-c1noc(-c2csc(S(N)(=O)=O)c2)n1. The molecule has 0 aliphatic heterocycles. The predicted molar refractivity (Wildman–Crippen MR) is 81.0 cm³/mol. The summed E-state index contributed by atoms with van der Waals surface area (Å²) in [6.45, 7) is 0. The molecular weight excluding hydrogens is 326 g/mol. The van der Waals surface area contributed by atoms with Crippen molar-refractivity contribution in [1.29, 1.82) is 0 Å². The van der Waals surface area contributed by atoms with Crippen molar-refractivity contribution in [1.82, 2.24) is 10.1 Å². The van der Waals surface area contributed by atoms with Crippen molar-refractivity contribution in [2.24, 2.45) is 5.14 Å². The van der Waals surface area contributed by atoms with Gasteiger partial charge < -0.3 is 9.26 Å². The Bertz CT molecular complexity index is 915. The number of benzene rings is 1. The highest BCUT2D eigenvalue weighted by Gasteiger charge is 2.17. The smallest absolute Gasteiger partial charge is 0.259 e. The fourth-order valence-electron chi connectivity index (χ4n) is 1.86. The monoisotopic (exact) mass is 337 g/mol. The van der Waals surface area contributed by atoms with Gasteiger partial charge in [0.25, 0.3) is 5.89 Å². The van der Waals surface area contributed by atoms with Crippen molar-refractivity contribution < 1.29 is 17.7 Å². The maximum absolute atomic E-state index is 11.3. The second-order valence-electron chi connectivity index (χ2n) is 4.32. The van der Waals surface area contributed by atoms with Gasteiger partial charge in [0.2, 0.25) is 15.8 Å². The molecule has 0 amide bonds. The van der Waals surface area contributed by atoms with Crippen LogP contribution in [0.5, 0.6) is 5.75 Å². The van der Waals surface area contributed by atoms with Gasteiger partial charge in [0.1, 0.15) is 9.96 Å². The standard InChI is InChI=1S/C13H11N3O4S2/c1-19-10-5-3-2-4-9(10)12-15-13(20-16-12)8-6-11(21-7-8)22(14,17)18/h2-7H,1H3,(H2,14,17,18). The fraction of sp³-hybridized carbons (Fsp3) is 0.0769. The molecule has 114 valence electrons. The van der Waals surface area contributed by atoms with Crippen LogP contribution in [0.4, 0.5) is 0 Å². The van der Waals surface area contributed by atoms with Gasteiger partial charge in [-0.05, 0) is 18.2 Å². The Balaban J connectivity index is 1.99. The van der Waals surface area contributed by atoms with Crippen LogP contribution >= 0.6 is 11.3 Å². The zero-order valence-electron chi connectivity index (χ0n) is 11.4. The number of sulfonamides is 1.